The van der Waals surface area contributed by atoms with Crippen LogP contribution in [-0.2, 0) is 26.0 Å². The quantitative estimate of drug-likeness (QED) is 0.479. The molecule has 0 atom stereocenters. The molecule has 0 unspecified atom stereocenters. The van der Waals surface area contributed by atoms with Crippen molar-refractivity contribution in [2.75, 3.05) is 32.9 Å². The summed E-state index contributed by atoms with van der Waals surface area (Å²) in [5, 5.41) is 0. The van der Waals surface area contributed by atoms with Crippen LogP contribution in [0.1, 0.15) is 34.6 Å². The Bertz CT molecular complexity index is 1380. The lowest BCUT2D eigenvalue weighted by molar-refractivity contribution is 0.0526. The minimum atomic E-state index is -3.64. The van der Waals surface area contributed by atoms with E-state index in [1.807, 2.05) is 17.6 Å². The number of hydrogen-bond acceptors (Lipinski definition) is 7. The maximum absolute atomic E-state index is 12.9. The SMILES string of the molecule is CCOC(=O)c1ccc2c(c1)sc(=NC(=O)c1ccc(S(=O)(=O)N3CCOCC3)cc1)n2CC. The van der Waals surface area contributed by atoms with E-state index in [9.17, 15) is 18.0 Å². The zero-order chi connectivity index (χ0) is 24.3. The van der Waals surface area contributed by atoms with Gasteiger partial charge in [-0.1, -0.05) is 11.3 Å². The molecule has 180 valence electrons. The van der Waals surface area contributed by atoms with Gasteiger partial charge in [-0.15, -0.1) is 0 Å². The summed E-state index contributed by atoms with van der Waals surface area (Å²) in [5.41, 5.74) is 1.58. The number of fused-ring (bicyclic) bond motifs is 1. The van der Waals surface area contributed by atoms with Gasteiger partial charge in [-0.2, -0.15) is 9.30 Å². The van der Waals surface area contributed by atoms with Gasteiger partial charge in [0.25, 0.3) is 5.91 Å². The Morgan fingerprint density at radius 3 is 2.38 bits per heavy atom. The molecule has 1 amide bonds. The van der Waals surface area contributed by atoms with Gasteiger partial charge in [0.05, 0.1) is 40.5 Å². The van der Waals surface area contributed by atoms with Crippen LogP contribution < -0.4 is 4.80 Å². The molecule has 0 spiro atoms. The monoisotopic (exact) mass is 503 g/mol. The molecule has 11 heteroatoms. The predicted molar refractivity (Wildman–Crippen MR) is 127 cm³/mol. The zero-order valence-electron chi connectivity index (χ0n) is 18.9. The molecule has 1 saturated heterocycles. The Labute approximate surface area is 201 Å². The Kier molecular flexibility index (Phi) is 7.27. The molecule has 4 rings (SSSR count). The van der Waals surface area contributed by atoms with Gasteiger partial charge in [-0.3, -0.25) is 4.79 Å². The summed E-state index contributed by atoms with van der Waals surface area (Å²) in [5.74, 6) is -0.878. The van der Waals surface area contributed by atoms with Crippen LogP contribution in [0.5, 0.6) is 0 Å². The van der Waals surface area contributed by atoms with Crippen molar-refractivity contribution in [1.82, 2.24) is 8.87 Å². The highest BCUT2D eigenvalue weighted by Crippen LogP contribution is 2.21. The molecule has 0 aliphatic carbocycles. The van der Waals surface area contributed by atoms with Crippen molar-refractivity contribution in [1.29, 1.82) is 0 Å². The molecule has 0 radical (unpaired) electrons. The third-order valence-corrected chi connectivity index (χ3v) is 8.37. The van der Waals surface area contributed by atoms with Crippen LogP contribution in [0.4, 0.5) is 0 Å². The lowest BCUT2D eigenvalue weighted by Crippen LogP contribution is -2.40. The molecule has 0 N–H and O–H groups in total. The number of sulfonamides is 1. The van der Waals surface area contributed by atoms with E-state index in [0.29, 0.717) is 43.2 Å². The molecular formula is C23H25N3O6S2. The molecule has 34 heavy (non-hydrogen) atoms. The highest BCUT2D eigenvalue weighted by Gasteiger charge is 2.26. The Morgan fingerprint density at radius 1 is 1.06 bits per heavy atom. The van der Waals surface area contributed by atoms with E-state index >= 15 is 0 Å². The molecule has 9 nitrogen and oxygen atoms in total. The number of nitrogens with zero attached hydrogens (tertiary/aromatic N) is 3. The van der Waals surface area contributed by atoms with E-state index in [1.165, 1.54) is 39.9 Å². The van der Waals surface area contributed by atoms with Gasteiger partial charge in [0.1, 0.15) is 0 Å². The first-order valence-corrected chi connectivity index (χ1v) is 13.2. The smallest absolute Gasteiger partial charge is 0.338 e. The highest BCUT2D eigenvalue weighted by molar-refractivity contribution is 7.89. The van der Waals surface area contributed by atoms with E-state index in [0.717, 1.165) is 10.2 Å². The fourth-order valence-electron chi connectivity index (χ4n) is 3.66. The summed E-state index contributed by atoms with van der Waals surface area (Å²) >= 11 is 1.30. The second-order valence-corrected chi connectivity index (χ2v) is 10.4. The number of amides is 1. The summed E-state index contributed by atoms with van der Waals surface area (Å²) < 4.78 is 39.9. The summed E-state index contributed by atoms with van der Waals surface area (Å²) in [7, 11) is -3.64. The number of aryl methyl sites for hydroxylation is 1. The van der Waals surface area contributed by atoms with Crippen molar-refractivity contribution in [3.63, 3.8) is 0 Å². The average Bonchev–Trinajstić information content (AvgIpc) is 3.20. The molecule has 2 heterocycles. The highest BCUT2D eigenvalue weighted by atomic mass is 32.2. The van der Waals surface area contributed by atoms with Crippen LogP contribution in [0.2, 0.25) is 0 Å². The van der Waals surface area contributed by atoms with Gasteiger partial charge in [0.2, 0.25) is 10.0 Å². The van der Waals surface area contributed by atoms with Crippen molar-refractivity contribution in [3.05, 3.63) is 58.4 Å². The van der Waals surface area contributed by atoms with Gasteiger partial charge in [-0.25, -0.2) is 13.2 Å². The molecule has 1 fully saturated rings. The number of hydrogen-bond donors (Lipinski definition) is 0. The Hall–Kier alpha value is -2.86. The van der Waals surface area contributed by atoms with Crippen molar-refractivity contribution in [2.24, 2.45) is 4.99 Å². The topological polar surface area (TPSA) is 107 Å². The molecule has 2 aromatic carbocycles. The van der Waals surface area contributed by atoms with Crippen LogP contribution >= 0.6 is 11.3 Å². The fourth-order valence-corrected chi connectivity index (χ4v) is 6.20. The van der Waals surface area contributed by atoms with E-state index < -0.39 is 21.9 Å². The summed E-state index contributed by atoms with van der Waals surface area (Å²) in [4.78, 5) is 29.8. The molecular weight excluding hydrogens is 478 g/mol. The summed E-state index contributed by atoms with van der Waals surface area (Å²) in [6.45, 7) is 5.91. The minimum Gasteiger partial charge on any atom is -0.462 e. The van der Waals surface area contributed by atoms with Gasteiger partial charge in [0, 0.05) is 25.2 Å². The van der Waals surface area contributed by atoms with E-state index in [4.69, 9.17) is 9.47 Å². The van der Waals surface area contributed by atoms with E-state index in [2.05, 4.69) is 4.99 Å². The largest absolute Gasteiger partial charge is 0.462 e. The molecule has 0 saturated carbocycles. The second-order valence-electron chi connectivity index (χ2n) is 7.49. The molecule has 1 aliphatic rings. The summed E-state index contributed by atoms with van der Waals surface area (Å²) in [6, 6.07) is 11.0. The van der Waals surface area contributed by atoms with Gasteiger partial charge < -0.3 is 14.0 Å². The minimum absolute atomic E-state index is 0.128. The number of carbonyl (C=O) groups excluding carboxylic acids is 2. The third-order valence-electron chi connectivity index (χ3n) is 5.42. The van der Waals surface area contributed by atoms with Crippen LogP contribution in [0.25, 0.3) is 10.2 Å². The first kappa shape index (κ1) is 24.3. The number of thiazole rings is 1. The van der Waals surface area contributed by atoms with Gasteiger partial charge >= 0.3 is 5.97 Å². The molecule has 3 aromatic rings. The van der Waals surface area contributed by atoms with Crippen LogP contribution in [-0.4, -0.2) is 62.1 Å². The number of esters is 1. The standard InChI is InChI=1S/C23H25N3O6S2/c1-3-26-19-10-7-17(22(28)32-4-2)15-20(19)33-23(26)24-21(27)16-5-8-18(9-6-16)34(29,30)25-11-13-31-14-12-25/h5-10,15H,3-4,11-14H2,1-2H3. The number of ether oxygens (including phenoxy) is 2. The average molecular weight is 504 g/mol. The maximum atomic E-state index is 12.9. The second kappa shape index (κ2) is 10.2. The number of benzene rings is 2. The Balaban J connectivity index is 1.63. The predicted octanol–water partition coefficient (Wildman–Crippen LogP) is 2.66. The number of rotatable bonds is 6. The number of aromatic nitrogens is 1. The van der Waals surface area contributed by atoms with E-state index in [1.54, 1.807) is 19.1 Å². The normalized spacial score (nSPS) is 15.5. The first-order chi connectivity index (χ1) is 16.3. The molecule has 1 aliphatic heterocycles. The van der Waals surface area contributed by atoms with Crippen LogP contribution in [0.3, 0.4) is 0 Å². The number of morpholine rings is 1. The van der Waals surface area contributed by atoms with Crippen molar-refractivity contribution >= 4 is 43.5 Å². The lowest BCUT2D eigenvalue weighted by Gasteiger charge is -2.26. The van der Waals surface area contributed by atoms with E-state index in [-0.39, 0.29) is 17.1 Å². The Morgan fingerprint density at radius 2 is 1.74 bits per heavy atom. The van der Waals surface area contributed by atoms with Gasteiger partial charge in [0.15, 0.2) is 4.80 Å². The summed E-state index contributed by atoms with van der Waals surface area (Å²) in [6.07, 6.45) is 0. The third kappa shape index (κ3) is 4.83. The molecule has 1 aromatic heterocycles. The first-order valence-electron chi connectivity index (χ1n) is 10.9. The van der Waals surface area contributed by atoms with Crippen molar-refractivity contribution in [3.8, 4) is 0 Å². The fraction of sp³-hybridized carbons (Fsp3) is 0.348. The van der Waals surface area contributed by atoms with Crippen LogP contribution in [0, 0.1) is 0 Å². The maximum Gasteiger partial charge on any atom is 0.338 e. The van der Waals surface area contributed by atoms with Crippen molar-refractivity contribution < 1.29 is 27.5 Å². The van der Waals surface area contributed by atoms with Crippen LogP contribution in [0.15, 0.2) is 52.4 Å². The van der Waals surface area contributed by atoms with Gasteiger partial charge in [-0.05, 0) is 56.3 Å². The zero-order valence-corrected chi connectivity index (χ0v) is 20.5. The number of carbonyl (C=O) groups is 2. The lowest BCUT2D eigenvalue weighted by atomic mass is 10.2. The van der Waals surface area contributed by atoms with Crippen molar-refractivity contribution in [2.45, 2.75) is 25.3 Å². The molecule has 0 bridgehead atoms.